The molecule has 0 aromatic heterocycles. The number of benzene rings is 1. The lowest BCUT2D eigenvalue weighted by atomic mass is 9.65. The maximum absolute atomic E-state index is 11.0. The summed E-state index contributed by atoms with van der Waals surface area (Å²) in [6.07, 6.45) is 4.92. The molecular weight excluding hydrogens is 330 g/mol. The predicted molar refractivity (Wildman–Crippen MR) is 89.4 cm³/mol. The first kappa shape index (κ1) is 16.8. The maximum Gasteiger partial charge on any atom is 0.124 e. The van der Waals surface area contributed by atoms with E-state index in [0.29, 0.717) is 6.54 Å². The molecule has 1 saturated carbocycles. The second-order valence-corrected chi connectivity index (χ2v) is 7.12. The van der Waals surface area contributed by atoms with Crippen LogP contribution in [0.15, 0.2) is 22.7 Å². The van der Waals surface area contributed by atoms with Crippen LogP contribution in [0.2, 0.25) is 0 Å². The minimum absolute atomic E-state index is 0.222. The number of rotatable bonds is 5. The second kappa shape index (κ2) is 7.12. The molecule has 0 bridgehead atoms. The molecule has 1 aliphatic rings. The molecule has 0 radical (unpaired) electrons. The highest BCUT2D eigenvalue weighted by Gasteiger charge is 2.41. The Hall–Kier alpha value is -0.580. The van der Waals surface area contributed by atoms with Gasteiger partial charge in [0.15, 0.2) is 0 Å². The minimum Gasteiger partial charge on any atom is -0.496 e. The molecule has 0 aliphatic heterocycles. The third-order valence-electron chi connectivity index (χ3n) is 5.15. The molecular formula is C17H26BrNO2. The summed E-state index contributed by atoms with van der Waals surface area (Å²) in [4.78, 5) is 0. The fourth-order valence-electron chi connectivity index (χ4n) is 3.50. The molecule has 1 aromatic rings. The van der Waals surface area contributed by atoms with Crippen molar-refractivity contribution in [3.8, 4) is 5.75 Å². The first-order chi connectivity index (χ1) is 10.1. The fourth-order valence-corrected chi connectivity index (χ4v) is 3.88. The molecule has 3 nitrogen and oxygen atoms in total. The summed E-state index contributed by atoms with van der Waals surface area (Å²) < 4.78 is 6.37. The van der Waals surface area contributed by atoms with Crippen LogP contribution in [-0.4, -0.2) is 18.8 Å². The van der Waals surface area contributed by atoms with E-state index in [-0.39, 0.29) is 5.41 Å². The van der Waals surface area contributed by atoms with Gasteiger partial charge in [-0.3, -0.25) is 0 Å². The van der Waals surface area contributed by atoms with E-state index >= 15 is 0 Å². The van der Waals surface area contributed by atoms with Crippen LogP contribution in [0.25, 0.3) is 0 Å². The number of halogens is 1. The zero-order chi connectivity index (χ0) is 15.5. The van der Waals surface area contributed by atoms with Crippen LogP contribution >= 0.6 is 15.9 Å². The van der Waals surface area contributed by atoms with Crippen molar-refractivity contribution in [2.75, 3.05) is 13.7 Å². The van der Waals surface area contributed by atoms with Gasteiger partial charge in [-0.2, -0.15) is 0 Å². The number of hydrogen-bond donors (Lipinski definition) is 2. The average Bonchev–Trinajstić information content (AvgIpc) is 2.54. The smallest absolute Gasteiger partial charge is 0.124 e. The van der Waals surface area contributed by atoms with Crippen LogP contribution in [0.1, 0.15) is 50.7 Å². The Kier molecular flexibility index (Phi) is 5.69. The molecule has 1 fully saturated rings. The maximum atomic E-state index is 11.0. The van der Waals surface area contributed by atoms with E-state index in [0.717, 1.165) is 47.4 Å². The lowest BCUT2D eigenvalue weighted by Crippen LogP contribution is -2.40. The number of methoxy groups -OCH3 is 1. The highest BCUT2D eigenvalue weighted by Crippen LogP contribution is 2.49. The lowest BCUT2D eigenvalue weighted by Gasteiger charge is -2.43. The fraction of sp³-hybridized carbons (Fsp3) is 0.647. The van der Waals surface area contributed by atoms with E-state index in [1.165, 1.54) is 6.42 Å². The van der Waals surface area contributed by atoms with Gasteiger partial charge in [0, 0.05) is 22.0 Å². The molecule has 2 rings (SSSR count). The highest BCUT2D eigenvalue weighted by atomic mass is 79.9. The second-order valence-electron chi connectivity index (χ2n) is 6.21. The topological polar surface area (TPSA) is 55.5 Å². The van der Waals surface area contributed by atoms with Crippen molar-refractivity contribution in [1.82, 2.24) is 0 Å². The van der Waals surface area contributed by atoms with E-state index in [1.54, 1.807) is 7.11 Å². The van der Waals surface area contributed by atoms with Crippen LogP contribution in [0.5, 0.6) is 5.75 Å². The summed E-state index contributed by atoms with van der Waals surface area (Å²) in [5.41, 5.74) is 6.70. The molecule has 118 valence electrons. The monoisotopic (exact) mass is 355 g/mol. The number of aliphatic hydroxyl groups excluding tert-OH is 1. The predicted octanol–water partition coefficient (Wildman–Crippen LogP) is 4.04. The van der Waals surface area contributed by atoms with Crippen molar-refractivity contribution in [2.45, 2.75) is 45.1 Å². The van der Waals surface area contributed by atoms with Crippen LogP contribution in [0.4, 0.5) is 0 Å². The molecule has 0 heterocycles. The van der Waals surface area contributed by atoms with E-state index in [2.05, 4.69) is 22.9 Å². The van der Waals surface area contributed by atoms with Gasteiger partial charge in [0.2, 0.25) is 0 Å². The van der Waals surface area contributed by atoms with Crippen molar-refractivity contribution >= 4 is 15.9 Å². The number of ether oxygens (including phenoxy) is 1. The highest BCUT2D eigenvalue weighted by molar-refractivity contribution is 9.10. The van der Waals surface area contributed by atoms with Gasteiger partial charge in [0.1, 0.15) is 5.75 Å². The quantitative estimate of drug-likeness (QED) is 0.837. The number of hydrogen-bond acceptors (Lipinski definition) is 3. The molecule has 0 amide bonds. The van der Waals surface area contributed by atoms with Gasteiger partial charge in [-0.25, -0.2) is 0 Å². The Morgan fingerprint density at radius 1 is 1.43 bits per heavy atom. The molecule has 1 aromatic carbocycles. The van der Waals surface area contributed by atoms with Crippen molar-refractivity contribution in [3.63, 3.8) is 0 Å². The van der Waals surface area contributed by atoms with Crippen molar-refractivity contribution in [3.05, 3.63) is 28.2 Å². The third-order valence-corrected chi connectivity index (χ3v) is 5.64. The van der Waals surface area contributed by atoms with Crippen LogP contribution < -0.4 is 10.5 Å². The average molecular weight is 356 g/mol. The van der Waals surface area contributed by atoms with Gasteiger partial charge < -0.3 is 15.6 Å². The number of nitrogens with two attached hydrogens (primary N) is 1. The van der Waals surface area contributed by atoms with Gasteiger partial charge in [0.05, 0.1) is 13.2 Å². The van der Waals surface area contributed by atoms with Crippen LogP contribution in [0.3, 0.4) is 0 Å². The Bertz CT molecular complexity index is 470. The van der Waals surface area contributed by atoms with E-state index in [4.69, 9.17) is 10.5 Å². The summed E-state index contributed by atoms with van der Waals surface area (Å²) in [5, 5.41) is 11.0. The van der Waals surface area contributed by atoms with E-state index in [9.17, 15) is 5.11 Å². The summed E-state index contributed by atoms with van der Waals surface area (Å²) in [5.74, 6) is 1.51. The zero-order valence-corrected chi connectivity index (χ0v) is 14.5. The molecule has 21 heavy (non-hydrogen) atoms. The summed E-state index contributed by atoms with van der Waals surface area (Å²) in [6.45, 7) is 2.76. The summed E-state index contributed by atoms with van der Waals surface area (Å²) >= 11 is 3.48. The first-order valence-corrected chi connectivity index (χ1v) is 8.57. The van der Waals surface area contributed by atoms with Gasteiger partial charge >= 0.3 is 0 Å². The van der Waals surface area contributed by atoms with Crippen molar-refractivity contribution in [2.24, 2.45) is 17.1 Å². The Labute approximate surface area is 136 Å². The van der Waals surface area contributed by atoms with Gasteiger partial charge in [0.25, 0.3) is 0 Å². The van der Waals surface area contributed by atoms with Crippen molar-refractivity contribution < 1.29 is 9.84 Å². The van der Waals surface area contributed by atoms with E-state index < -0.39 is 6.10 Å². The van der Waals surface area contributed by atoms with Crippen molar-refractivity contribution in [1.29, 1.82) is 0 Å². The molecule has 1 unspecified atom stereocenters. The normalized spacial score (nSPS) is 27.4. The zero-order valence-electron chi connectivity index (χ0n) is 12.9. The minimum atomic E-state index is -0.576. The van der Waals surface area contributed by atoms with Gasteiger partial charge in [-0.1, -0.05) is 29.3 Å². The summed E-state index contributed by atoms with van der Waals surface area (Å²) in [6, 6.07) is 5.77. The molecule has 4 heteroatoms. The molecule has 0 saturated heterocycles. The van der Waals surface area contributed by atoms with Gasteiger partial charge in [-0.15, -0.1) is 0 Å². The molecule has 0 spiro atoms. The van der Waals surface area contributed by atoms with Crippen LogP contribution in [-0.2, 0) is 0 Å². The van der Waals surface area contributed by atoms with Crippen LogP contribution in [0, 0.1) is 11.3 Å². The largest absolute Gasteiger partial charge is 0.496 e. The van der Waals surface area contributed by atoms with E-state index in [1.807, 2.05) is 18.2 Å². The SMILES string of the molecule is CCC1CCC(CN)(C(O)c2cc(Br)ccc2OC)CC1. The standard InChI is InChI=1S/C17H26BrNO2/c1-3-12-6-8-17(11-19,9-7-12)16(20)14-10-13(18)4-5-15(14)21-2/h4-5,10,12,16,20H,3,6-9,11,19H2,1-2H3. The Balaban J connectivity index is 2.28. The number of aliphatic hydroxyl groups is 1. The molecule has 3 N–H and O–H groups in total. The Morgan fingerprint density at radius 2 is 2.10 bits per heavy atom. The Morgan fingerprint density at radius 3 is 2.62 bits per heavy atom. The molecule has 1 aliphatic carbocycles. The summed E-state index contributed by atoms with van der Waals surface area (Å²) in [7, 11) is 1.64. The lowest BCUT2D eigenvalue weighted by molar-refractivity contribution is -0.0116. The molecule has 1 atom stereocenters. The van der Waals surface area contributed by atoms with Gasteiger partial charge in [-0.05, 0) is 49.8 Å². The third kappa shape index (κ3) is 3.43. The first-order valence-electron chi connectivity index (χ1n) is 7.78.